The van der Waals surface area contributed by atoms with E-state index >= 15 is 0 Å². The summed E-state index contributed by atoms with van der Waals surface area (Å²) >= 11 is 0. The Morgan fingerprint density at radius 2 is 1.27 bits per heavy atom. The van der Waals surface area contributed by atoms with Gasteiger partial charge in [0, 0.05) is 6.42 Å². The van der Waals surface area contributed by atoms with Crippen LogP contribution in [0.2, 0.25) is 0 Å². The lowest BCUT2D eigenvalue weighted by molar-refractivity contribution is 0.554. The minimum atomic E-state index is 0.132. The van der Waals surface area contributed by atoms with Crippen LogP contribution in [-0.2, 0) is 16.2 Å². The molecule has 0 nitrogen and oxygen atoms in total. The van der Waals surface area contributed by atoms with Crippen LogP contribution in [0.15, 0.2) is 12.1 Å². The van der Waals surface area contributed by atoms with Crippen LogP contribution in [0.5, 0.6) is 0 Å². The predicted molar refractivity (Wildman–Crippen MR) is 122 cm³/mol. The first-order chi connectivity index (χ1) is 11.8. The zero-order chi connectivity index (χ0) is 20.2. The Balaban J connectivity index is 3.44. The summed E-state index contributed by atoms with van der Waals surface area (Å²) in [5, 5.41) is 1.49. The van der Waals surface area contributed by atoms with Crippen molar-refractivity contribution in [2.24, 2.45) is 0 Å². The summed E-state index contributed by atoms with van der Waals surface area (Å²) in [5.74, 6) is 3.43. The molecule has 0 aliphatic rings. The van der Waals surface area contributed by atoms with Crippen molar-refractivity contribution in [2.45, 2.75) is 111 Å². The number of unbranched alkanes of at least 4 members (excludes halogenated alkanes) is 3. The Kier molecular flexibility index (Phi) is 7.99. The highest BCUT2D eigenvalue weighted by atomic mass is 31.1. The summed E-state index contributed by atoms with van der Waals surface area (Å²) in [6, 6.07) is 4.91. The summed E-state index contributed by atoms with van der Waals surface area (Å²) in [4.78, 5) is 0. The van der Waals surface area contributed by atoms with E-state index in [1.54, 1.807) is 0 Å². The number of rotatable bonds is 4. The third-order valence-corrected chi connectivity index (χ3v) is 5.89. The average molecular weight is 373 g/mol. The van der Waals surface area contributed by atoms with Gasteiger partial charge < -0.3 is 0 Å². The molecule has 0 saturated carbocycles. The van der Waals surface area contributed by atoms with E-state index in [0.717, 1.165) is 6.42 Å². The van der Waals surface area contributed by atoms with Crippen LogP contribution in [0.25, 0.3) is 0 Å². The molecular formula is C25H41P. The van der Waals surface area contributed by atoms with Gasteiger partial charge in [-0.15, -0.1) is 0 Å². The summed E-state index contributed by atoms with van der Waals surface area (Å²) in [6.45, 7) is 23.2. The fourth-order valence-corrected chi connectivity index (χ4v) is 4.53. The molecule has 0 spiro atoms. The van der Waals surface area contributed by atoms with Gasteiger partial charge in [0.2, 0.25) is 0 Å². The normalized spacial score (nSPS) is 13.2. The third kappa shape index (κ3) is 6.74. The molecule has 0 radical (unpaired) electrons. The van der Waals surface area contributed by atoms with Gasteiger partial charge in [-0.25, -0.2) is 0 Å². The molecule has 0 N–H and O–H groups in total. The molecule has 0 aliphatic carbocycles. The van der Waals surface area contributed by atoms with Crippen LogP contribution in [-0.4, -0.2) is 0 Å². The second kappa shape index (κ2) is 8.93. The monoisotopic (exact) mass is 372 g/mol. The van der Waals surface area contributed by atoms with E-state index in [1.807, 2.05) is 0 Å². The zero-order valence-corrected chi connectivity index (χ0v) is 20.0. The van der Waals surface area contributed by atoms with Crippen LogP contribution in [0, 0.1) is 11.6 Å². The number of hydrogen-bond acceptors (Lipinski definition) is 0. The molecular weight excluding hydrogens is 331 g/mol. The molecule has 0 saturated heterocycles. The van der Waals surface area contributed by atoms with E-state index < -0.39 is 0 Å². The van der Waals surface area contributed by atoms with Gasteiger partial charge in [-0.3, -0.25) is 0 Å². The molecule has 1 rings (SSSR count). The van der Waals surface area contributed by atoms with E-state index in [4.69, 9.17) is 0 Å². The first kappa shape index (κ1) is 23.2. The topological polar surface area (TPSA) is 0 Å². The maximum atomic E-state index is 3.52. The predicted octanol–water partition coefficient (Wildman–Crippen LogP) is 7.42. The van der Waals surface area contributed by atoms with Gasteiger partial charge in [0.05, 0.1) is 0 Å². The molecule has 0 bridgehead atoms. The Morgan fingerprint density at radius 1 is 0.769 bits per heavy atom. The van der Waals surface area contributed by atoms with Crippen LogP contribution < -0.4 is 5.30 Å². The minimum absolute atomic E-state index is 0.132. The Hall–Kier alpha value is -0.790. The van der Waals surface area contributed by atoms with Gasteiger partial charge in [0.25, 0.3) is 0 Å². The molecule has 26 heavy (non-hydrogen) atoms. The number of hydrogen-bond donors (Lipinski definition) is 0. The standard InChI is InChI=1S/C25H41P/c1-11-12-13-14-15-16-26-22-20(24(5,6)7)17-19(23(2,3)4)18-21(22)25(8,9)10/h17-18,26H,11-14H2,1-10H3. The van der Waals surface area contributed by atoms with Gasteiger partial charge in [-0.1, -0.05) is 106 Å². The smallest absolute Gasteiger partial charge is 0.00921 e. The average Bonchev–Trinajstić information content (AvgIpc) is 2.47. The van der Waals surface area contributed by atoms with Gasteiger partial charge in [-0.2, -0.15) is 0 Å². The van der Waals surface area contributed by atoms with Crippen LogP contribution in [0.1, 0.15) is 112 Å². The van der Waals surface area contributed by atoms with Crippen molar-refractivity contribution in [3.8, 4) is 11.6 Å². The molecule has 0 aromatic heterocycles. The van der Waals surface area contributed by atoms with E-state index in [9.17, 15) is 0 Å². The highest BCUT2D eigenvalue weighted by molar-refractivity contribution is 7.52. The first-order valence-corrected chi connectivity index (χ1v) is 11.2. The molecule has 146 valence electrons. The van der Waals surface area contributed by atoms with E-state index in [0.29, 0.717) is 8.58 Å². The maximum Gasteiger partial charge on any atom is 0.00921 e. The lowest BCUT2D eigenvalue weighted by Gasteiger charge is -2.33. The van der Waals surface area contributed by atoms with Crippen molar-refractivity contribution < 1.29 is 0 Å². The largest absolute Gasteiger partial charge is 0.0986 e. The third-order valence-electron chi connectivity index (χ3n) is 4.80. The highest BCUT2D eigenvalue weighted by Crippen LogP contribution is 2.36. The van der Waals surface area contributed by atoms with Crippen molar-refractivity contribution in [3.63, 3.8) is 0 Å². The fourth-order valence-electron chi connectivity index (χ4n) is 3.03. The molecule has 1 aromatic carbocycles. The van der Waals surface area contributed by atoms with Crippen molar-refractivity contribution in [1.29, 1.82) is 0 Å². The Labute approximate surface area is 165 Å². The summed E-state index contributed by atoms with van der Waals surface area (Å²) in [5.41, 5.74) is 8.35. The van der Waals surface area contributed by atoms with E-state index in [-0.39, 0.29) is 16.2 Å². The SMILES string of the molecule is CCCCCC#CPc1c(C(C)(C)C)cc(C(C)(C)C)cc1C(C)(C)C. The number of benzene rings is 1. The van der Waals surface area contributed by atoms with Gasteiger partial charge >= 0.3 is 0 Å². The van der Waals surface area contributed by atoms with Crippen LogP contribution in [0.3, 0.4) is 0 Å². The quantitative estimate of drug-likeness (QED) is 0.293. The van der Waals surface area contributed by atoms with Gasteiger partial charge in [0.15, 0.2) is 0 Å². The fraction of sp³-hybridized carbons (Fsp3) is 0.680. The molecule has 1 aromatic rings. The zero-order valence-electron chi connectivity index (χ0n) is 19.0. The lowest BCUT2D eigenvalue weighted by atomic mass is 9.75. The Bertz CT molecular complexity index is 614. The minimum Gasteiger partial charge on any atom is -0.0986 e. The molecule has 1 unspecified atom stereocenters. The molecule has 0 amide bonds. The molecule has 0 fully saturated rings. The summed E-state index contributed by atoms with van der Waals surface area (Å²) in [7, 11) is 0.580. The van der Waals surface area contributed by atoms with Gasteiger partial charge in [0.1, 0.15) is 0 Å². The molecule has 0 aliphatic heterocycles. The molecule has 1 heteroatoms. The van der Waals surface area contributed by atoms with Gasteiger partial charge in [-0.05, 0) is 53.2 Å². The highest BCUT2D eigenvalue weighted by Gasteiger charge is 2.28. The molecule has 0 heterocycles. The molecule has 1 atom stereocenters. The lowest BCUT2D eigenvalue weighted by Crippen LogP contribution is -2.30. The second-order valence-electron chi connectivity index (χ2n) is 10.6. The van der Waals surface area contributed by atoms with Crippen molar-refractivity contribution in [1.82, 2.24) is 0 Å². The summed E-state index contributed by atoms with van der Waals surface area (Å²) < 4.78 is 0. The van der Waals surface area contributed by atoms with Crippen molar-refractivity contribution >= 4 is 13.9 Å². The van der Waals surface area contributed by atoms with E-state index in [2.05, 4.69) is 93.0 Å². The maximum absolute atomic E-state index is 3.52. The van der Waals surface area contributed by atoms with Crippen LogP contribution in [0.4, 0.5) is 0 Å². The summed E-state index contributed by atoms with van der Waals surface area (Å²) in [6.07, 6.45) is 4.82. The van der Waals surface area contributed by atoms with Crippen molar-refractivity contribution in [2.75, 3.05) is 0 Å². The van der Waals surface area contributed by atoms with Crippen molar-refractivity contribution in [3.05, 3.63) is 28.8 Å². The second-order valence-corrected chi connectivity index (χ2v) is 11.6. The Morgan fingerprint density at radius 3 is 1.65 bits per heavy atom. The van der Waals surface area contributed by atoms with Crippen LogP contribution >= 0.6 is 8.58 Å². The van der Waals surface area contributed by atoms with E-state index in [1.165, 1.54) is 41.3 Å². The first-order valence-electron chi connectivity index (χ1n) is 10.2.